The van der Waals surface area contributed by atoms with Gasteiger partial charge in [-0.25, -0.2) is 0 Å². The molecular weight excluding hydrogens is 122 g/mol. The quantitative estimate of drug-likeness (QED) is 0.501. The number of hydrogen-bond donors (Lipinski definition) is 0. The van der Waals surface area contributed by atoms with Crippen LogP contribution in [0.25, 0.3) is 0 Å². The van der Waals surface area contributed by atoms with Gasteiger partial charge in [0.15, 0.2) is 0 Å². The van der Waals surface area contributed by atoms with Crippen LogP contribution in [0.4, 0.5) is 0 Å². The fourth-order valence-electron chi connectivity index (χ4n) is 1.07. The average molecular weight is 141 g/mol. The van der Waals surface area contributed by atoms with Crippen LogP contribution in [-0.4, -0.2) is 18.5 Å². The Labute approximate surface area is 64.7 Å². The molecule has 0 bridgehead atoms. The van der Waals surface area contributed by atoms with Gasteiger partial charge in [0.1, 0.15) is 0 Å². The summed E-state index contributed by atoms with van der Waals surface area (Å²) in [6.45, 7) is 11.4. The third kappa shape index (κ3) is 2.05. The van der Waals surface area contributed by atoms with Gasteiger partial charge in [0.05, 0.1) is 0 Å². The van der Waals surface area contributed by atoms with Gasteiger partial charge in [0.25, 0.3) is 0 Å². The summed E-state index contributed by atoms with van der Waals surface area (Å²) in [5.41, 5.74) is 1.30. The highest BCUT2D eigenvalue weighted by Crippen LogP contribution is 2.23. The Balaban J connectivity index is 0.000000371. The van der Waals surface area contributed by atoms with Crippen LogP contribution >= 0.6 is 0 Å². The number of allylic oxidation sites excluding steroid dienone is 1. The van der Waals surface area contributed by atoms with Crippen LogP contribution in [0.5, 0.6) is 0 Å². The first kappa shape index (κ1) is 9.54. The summed E-state index contributed by atoms with van der Waals surface area (Å²) in [4.78, 5) is 2.23. The Bertz CT molecular complexity index is 95.3. The molecule has 1 fully saturated rings. The van der Waals surface area contributed by atoms with Gasteiger partial charge in [-0.15, -0.1) is 0 Å². The lowest BCUT2D eigenvalue weighted by atomic mass is 10.1. The summed E-state index contributed by atoms with van der Waals surface area (Å²) >= 11 is 0. The molecule has 1 heterocycles. The highest BCUT2D eigenvalue weighted by Gasteiger charge is 2.17. The predicted molar refractivity (Wildman–Crippen MR) is 46.9 cm³/mol. The largest absolute Gasteiger partial charge is 0.378 e. The molecule has 1 unspecified atom stereocenters. The lowest BCUT2D eigenvalue weighted by Gasteiger charge is -2.11. The van der Waals surface area contributed by atoms with Crippen molar-refractivity contribution in [1.29, 1.82) is 0 Å². The molecule has 0 aliphatic carbocycles. The number of hydrogen-bond acceptors (Lipinski definition) is 1. The molecule has 0 spiro atoms. The standard InChI is InChI=1S/C7H13N.C2H6/c1-6-4-5-8(3)7(6)2;1-2/h6H,2,4-5H2,1,3H3;1-2H3. The minimum absolute atomic E-state index is 0.722. The molecule has 1 saturated heterocycles. The van der Waals surface area contributed by atoms with Crippen molar-refractivity contribution in [3.63, 3.8) is 0 Å². The Morgan fingerprint density at radius 2 is 2.00 bits per heavy atom. The molecule has 0 aromatic heterocycles. The summed E-state index contributed by atoms with van der Waals surface area (Å²) in [7, 11) is 2.10. The molecule has 0 N–H and O–H groups in total. The van der Waals surface area contributed by atoms with Gasteiger partial charge in [-0.3, -0.25) is 0 Å². The maximum absolute atomic E-state index is 3.94. The van der Waals surface area contributed by atoms with Crippen molar-refractivity contribution in [1.82, 2.24) is 4.90 Å². The van der Waals surface area contributed by atoms with Crippen molar-refractivity contribution in [2.45, 2.75) is 27.2 Å². The zero-order chi connectivity index (χ0) is 8.15. The van der Waals surface area contributed by atoms with E-state index in [9.17, 15) is 0 Å². The van der Waals surface area contributed by atoms with Crippen LogP contribution in [0.15, 0.2) is 12.3 Å². The fraction of sp³-hybridized carbons (Fsp3) is 0.778. The summed E-state index contributed by atoms with van der Waals surface area (Å²) in [5.74, 6) is 0.722. The van der Waals surface area contributed by atoms with E-state index < -0.39 is 0 Å². The van der Waals surface area contributed by atoms with Gasteiger partial charge < -0.3 is 4.90 Å². The molecule has 0 aromatic rings. The van der Waals surface area contributed by atoms with Crippen molar-refractivity contribution in [3.05, 3.63) is 12.3 Å². The molecule has 60 valence electrons. The Morgan fingerprint density at radius 1 is 1.50 bits per heavy atom. The summed E-state index contributed by atoms with van der Waals surface area (Å²) in [6, 6.07) is 0. The zero-order valence-corrected chi connectivity index (χ0v) is 7.65. The predicted octanol–water partition coefficient (Wildman–Crippen LogP) is 2.50. The highest BCUT2D eigenvalue weighted by atomic mass is 15.1. The second-order valence-electron chi connectivity index (χ2n) is 2.60. The Kier molecular flexibility index (Phi) is 4.17. The molecule has 10 heavy (non-hydrogen) atoms. The molecule has 1 atom stereocenters. The Hall–Kier alpha value is -0.460. The average Bonchev–Trinajstić information content (AvgIpc) is 2.25. The molecule has 0 saturated carbocycles. The first-order chi connectivity index (χ1) is 4.72. The molecule has 0 aromatic carbocycles. The molecule has 1 nitrogen and oxygen atoms in total. The highest BCUT2D eigenvalue weighted by molar-refractivity contribution is 5.02. The van der Waals surface area contributed by atoms with Gasteiger partial charge in [0.2, 0.25) is 0 Å². The van der Waals surface area contributed by atoms with Gasteiger partial charge in [-0.05, 0) is 12.3 Å². The van der Waals surface area contributed by atoms with Crippen LogP contribution < -0.4 is 0 Å². The summed E-state index contributed by atoms with van der Waals surface area (Å²) in [5, 5.41) is 0. The SMILES string of the molecule is C=C1C(C)CCN1C.CC. The Morgan fingerprint density at radius 3 is 2.10 bits per heavy atom. The van der Waals surface area contributed by atoms with E-state index in [0.717, 1.165) is 5.92 Å². The third-order valence-electron chi connectivity index (χ3n) is 1.96. The summed E-state index contributed by atoms with van der Waals surface area (Å²) < 4.78 is 0. The maximum atomic E-state index is 3.94. The first-order valence-corrected chi connectivity index (χ1v) is 4.11. The number of rotatable bonds is 0. The lowest BCUT2D eigenvalue weighted by molar-refractivity contribution is 0.479. The van der Waals surface area contributed by atoms with Gasteiger partial charge in [-0.2, -0.15) is 0 Å². The van der Waals surface area contributed by atoms with E-state index in [1.54, 1.807) is 0 Å². The number of likely N-dealkylation sites (tertiary alicyclic amines) is 1. The van der Waals surface area contributed by atoms with E-state index in [-0.39, 0.29) is 0 Å². The van der Waals surface area contributed by atoms with Crippen LogP contribution in [0.3, 0.4) is 0 Å². The lowest BCUT2D eigenvalue weighted by Crippen LogP contribution is -2.09. The van der Waals surface area contributed by atoms with Crippen LogP contribution in [0.2, 0.25) is 0 Å². The molecule has 0 amide bonds. The minimum Gasteiger partial charge on any atom is -0.378 e. The molecule has 1 heteroatoms. The van der Waals surface area contributed by atoms with Crippen molar-refractivity contribution in [2.75, 3.05) is 13.6 Å². The third-order valence-corrected chi connectivity index (χ3v) is 1.96. The second kappa shape index (κ2) is 4.37. The normalized spacial score (nSPS) is 24.2. The van der Waals surface area contributed by atoms with E-state index in [4.69, 9.17) is 0 Å². The van der Waals surface area contributed by atoms with Crippen molar-refractivity contribution in [2.24, 2.45) is 5.92 Å². The van der Waals surface area contributed by atoms with E-state index in [0.29, 0.717) is 0 Å². The zero-order valence-electron chi connectivity index (χ0n) is 7.65. The molecule has 1 aliphatic rings. The summed E-state index contributed by atoms with van der Waals surface area (Å²) in [6.07, 6.45) is 1.29. The van der Waals surface area contributed by atoms with Gasteiger partial charge >= 0.3 is 0 Å². The monoisotopic (exact) mass is 141 g/mol. The van der Waals surface area contributed by atoms with Crippen LogP contribution in [0, 0.1) is 5.92 Å². The van der Waals surface area contributed by atoms with Gasteiger partial charge in [0, 0.05) is 19.3 Å². The van der Waals surface area contributed by atoms with Crippen molar-refractivity contribution in [3.8, 4) is 0 Å². The van der Waals surface area contributed by atoms with Crippen LogP contribution in [-0.2, 0) is 0 Å². The smallest absolute Gasteiger partial charge is 0.0177 e. The molecular formula is C9H19N. The first-order valence-electron chi connectivity index (χ1n) is 4.11. The molecule has 1 aliphatic heterocycles. The topological polar surface area (TPSA) is 3.24 Å². The van der Waals surface area contributed by atoms with Crippen molar-refractivity contribution >= 4 is 0 Å². The van der Waals surface area contributed by atoms with E-state index in [1.165, 1.54) is 18.7 Å². The van der Waals surface area contributed by atoms with Crippen molar-refractivity contribution < 1.29 is 0 Å². The molecule has 1 rings (SSSR count). The second-order valence-corrected chi connectivity index (χ2v) is 2.60. The minimum atomic E-state index is 0.722. The van der Waals surface area contributed by atoms with E-state index >= 15 is 0 Å². The molecule has 0 radical (unpaired) electrons. The van der Waals surface area contributed by atoms with E-state index in [2.05, 4.69) is 25.5 Å². The number of nitrogens with zero attached hydrogens (tertiary/aromatic N) is 1. The fourth-order valence-corrected chi connectivity index (χ4v) is 1.07. The van der Waals surface area contributed by atoms with E-state index in [1.807, 2.05) is 13.8 Å². The van der Waals surface area contributed by atoms with Gasteiger partial charge in [-0.1, -0.05) is 27.4 Å². The van der Waals surface area contributed by atoms with Crippen LogP contribution in [0.1, 0.15) is 27.2 Å². The maximum Gasteiger partial charge on any atom is 0.0177 e.